The van der Waals surface area contributed by atoms with E-state index in [1.54, 1.807) is 24.3 Å². The molecule has 0 heterocycles. The van der Waals surface area contributed by atoms with Crippen molar-refractivity contribution in [3.05, 3.63) is 98.1 Å². The first-order valence-electron chi connectivity index (χ1n) is 8.20. The Kier molecular flexibility index (Phi) is 5.35. The van der Waals surface area contributed by atoms with Gasteiger partial charge in [-0.25, -0.2) is 0 Å². The molecule has 0 atom stereocenters. The fourth-order valence-corrected chi connectivity index (χ4v) is 2.56. The minimum Gasteiger partial charge on any atom is -0.508 e. The summed E-state index contributed by atoms with van der Waals surface area (Å²) in [6.07, 6.45) is 0. The number of phenols is 2. The lowest BCUT2D eigenvalue weighted by atomic mass is 10.0. The average molecular weight is 394 g/mol. The van der Waals surface area contributed by atoms with Gasteiger partial charge in [0.2, 0.25) is 0 Å². The number of aromatic hydroxyl groups is 2. The molecular weight excluding hydrogens is 380 g/mol. The van der Waals surface area contributed by atoms with Crippen LogP contribution in [0.1, 0.15) is 11.1 Å². The Bertz CT molecular complexity index is 1110. The molecule has 10 nitrogen and oxygen atoms in total. The maximum Gasteiger partial charge on any atom is 0.301 e. The minimum absolute atomic E-state index is 0.00436. The van der Waals surface area contributed by atoms with Crippen molar-refractivity contribution in [2.24, 2.45) is 5.10 Å². The Morgan fingerprint density at radius 1 is 0.828 bits per heavy atom. The molecule has 0 radical (unpaired) electrons. The molecule has 0 aliphatic heterocycles. The van der Waals surface area contributed by atoms with Crippen molar-refractivity contribution in [3.63, 3.8) is 0 Å². The van der Waals surface area contributed by atoms with Crippen molar-refractivity contribution in [3.8, 4) is 11.5 Å². The molecule has 146 valence electrons. The van der Waals surface area contributed by atoms with Crippen LogP contribution in [-0.2, 0) is 0 Å². The lowest BCUT2D eigenvalue weighted by Crippen LogP contribution is -2.07. The highest BCUT2D eigenvalue weighted by Crippen LogP contribution is 2.29. The summed E-state index contributed by atoms with van der Waals surface area (Å²) in [5.41, 5.74) is 2.99. The van der Waals surface area contributed by atoms with Crippen LogP contribution in [-0.4, -0.2) is 25.8 Å². The summed E-state index contributed by atoms with van der Waals surface area (Å²) in [5, 5.41) is 45.7. The maximum atomic E-state index is 11.3. The first-order chi connectivity index (χ1) is 13.8. The Morgan fingerprint density at radius 2 is 1.55 bits per heavy atom. The fraction of sp³-hybridized carbons (Fsp3) is 0. The lowest BCUT2D eigenvalue weighted by molar-refractivity contribution is -0.393. The molecular formula is C19H14N4O6. The Hall–Kier alpha value is -4.47. The van der Waals surface area contributed by atoms with Gasteiger partial charge in [0, 0.05) is 17.2 Å². The zero-order chi connectivity index (χ0) is 21.0. The fourth-order valence-electron chi connectivity index (χ4n) is 2.56. The zero-order valence-corrected chi connectivity index (χ0v) is 14.7. The first-order valence-corrected chi connectivity index (χ1v) is 8.20. The molecule has 0 aromatic heterocycles. The smallest absolute Gasteiger partial charge is 0.301 e. The van der Waals surface area contributed by atoms with Crippen molar-refractivity contribution >= 4 is 22.8 Å². The van der Waals surface area contributed by atoms with Crippen LogP contribution in [0.2, 0.25) is 0 Å². The molecule has 10 heteroatoms. The predicted molar refractivity (Wildman–Crippen MR) is 105 cm³/mol. The van der Waals surface area contributed by atoms with Gasteiger partial charge in [-0.1, -0.05) is 12.1 Å². The highest BCUT2D eigenvalue weighted by Gasteiger charge is 2.19. The third-order valence-electron chi connectivity index (χ3n) is 3.94. The van der Waals surface area contributed by atoms with Gasteiger partial charge in [0.05, 0.1) is 21.6 Å². The number of nitro groups is 2. The number of phenolic OH excluding ortho intramolecular Hbond substituents is 2. The van der Waals surface area contributed by atoms with Crippen LogP contribution < -0.4 is 5.43 Å². The van der Waals surface area contributed by atoms with Crippen molar-refractivity contribution in [1.82, 2.24) is 0 Å². The molecule has 0 saturated heterocycles. The molecule has 3 aromatic rings. The molecule has 0 bridgehead atoms. The normalized spacial score (nSPS) is 11.1. The van der Waals surface area contributed by atoms with Gasteiger partial charge in [-0.15, -0.1) is 0 Å². The van der Waals surface area contributed by atoms with Gasteiger partial charge in [0.1, 0.15) is 17.2 Å². The number of nitro benzene ring substituents is 2. The number of hydrazone groups is 1. The van der Waals surface area contributed by atoms with E-state index in [9.17, 15) is 30.4 Å². The zero-order valence-electron chi connectivity index (χ0n) is 14.7. The van der Waals surface area contributed by atoms with E-state index in [1.807, 2.05) is 0 Å². The van der Waals surface area contributed by atoms with Crippen LogP contribution in [0.5, 0.6) is 11.5 Å². The quantitative estimate of drug-likeness (QED) is 0.327. The SMILES string of the molecule is O=[N+]([O-])c1ccc(N/N=C(/c2ccc(O)cc2)c2cccc(O)c2)c([N+](=O)[O-])c1. The average Bonchev–Trinajstić information content (AvgIpc) is 2.69. The van der Waals surface area contributed by atoms with Gasteiger partial charge < -0.3 is 10.2 Å². The minimum atomic E-state index is -0.751. The Balaban J connectivity index is 2.06. The molecule has 0 aliphatic rings. The van der Waals surface area contributed by atoms with Crippen LogP contribution >= 0.6 is 0 Å². The monoisotopic (exact) mass is 394 g/mol. The largest absolute Gasteiger partial charge is 0.508 e. The van der Waals surface area contributed by atoms with Gasteiger partial charge in [-0.3, -0.25) is 25.7 Å². The van der Waals surface area contributed by atoms with Gasteiger partial charge in [0.25, 0.3) is 5.69 Å². The molecule has 0 amide bonds. The van der Waals surface area contributed by atoms with Gasteiger partial charge in [0.15, 0.2) is 0 Å². The van der Waals surface area contributed by atoms with Crippen LogP contribution in [0.4, 0.5) is 17.1 Å². The topological polar surface area (TPSA) is 151 Å². The van der Waals surface area contributed by atoms with Gasteiger partial charge in [-0.05, 0) is 42.5 Å². The van der Waals surface area contributed by atoms with Crippen molar-refractivity contribution in [1.29, 1.82) is 0 Å². The molecule has 3 aromatic carbocycles. The van der Waals surface area contributed by atoms with Crippen molar-refractivity contribution in [2.75, 3.05) is 5.43 Å². The van der Waals surface area contributed by atoms with E-state index >= 15 is 0 Å². The molecule has 0 spiro atoms. The second-order valence-corrected chi connectivity index (χ2v) is 5.89. The molecule has 0 fully saturated rings. The summed E-state index contributed by atoms with van der Waals surface area (Å²) in [4.78, 5) is 20.7. The number of anilines is 1. The molecule has 0 unspecified atom stereocenters. The number of non-ortho nitro benzene ring substituents is 1. The number of nitrogens with zero attached hydrogens (tertiary/aromatic N) is 3. The van der Waals surface area contributed by atoms with E-state index in [1.165, 1.54) is 30.3 Å². The molecule has 0 saturated carbocycles. The van der Waals surface area contributed by atoms with Crippen LogP contribution in [0, 0.1) is 20.2 Å². The second-order valence-electron chi connectivity index (χ2n) is 5.89. The number of hydrogen-bond acceptors (Lipinski definition) is 8. The number of benzene rings is 3. The van der Waals surface area contributed by atoms with Crippen LogP contribution in [0.25, 0.3) is 0 Å². The van der Waals surface area contributed by atoms with E-state index in [-0.39, 0.29) is 17.2 Å². The van der Waals surface area contributed by atoms with Gasteiger partial charge in [-0.2, -0.15) is 5.10 Å². The summed E-state index contributed by atoms with van der Waals surface area (Å²) < 4.78 is 0. The summed E-state index contributed by atoms with van der Waals surface area (Å²) in [6.45, 7) is 0. The van der Waals surface area contributed by atoms with E-state index in [4.69, 9.17) is 0 Å². The number of nitrogens with one attached hydrogen (secondary N) is 1. The Morgan fingerprint density at radius 3 is 2.17 bits per heavy atom. The van der Waals surface area contributed by atoms with Gasteiger partial charge >= 0.3 is 5.69 Å². The van der Waals surface area contributed by atoms with Crippen molar-refractivity contribution < 1.29 is 20.1 Å². The van der Waals surface area contributed by atoms with E-state index < -0.39 is 21.2 Å². The summed E-state index contributed by atoms with van der Waals surface area (Å²) >= 11 is 0. The highest BCUT2D eigenvalue weighted by molar-refractivity contribution is 6.13. The van der Waals surface area contributed by atoms with Crippen LogP contribution in [0.15, 0.2) is 71.8 Å². The van der Waals surface area contributed by atoms with E-state index in [0.29, 0.717) is 16.8 Å². The van der Waals surface area contributed by atoms with Crippen LogP contribution in [0.3, 0.4) is 0 Å². The third kappa shape index (κ3) is 4.45. The van der Waals surface area contributed by atoms with Crippen molar-refractivity contribution in [2.45, 2.75) is 0 Å². The van der Waals surface area contributed by atoms with E-state index in [0.717, 1.165) is 12.1 Å². The molecule has 3 N–H and O–H groups in total. The van der Waals surface area contributed by atoms with E-state index in [2.05, 4.69) is 10.5 Å². The summed E-state index contributed by atoms with van der Waals surface area (Å²) in [7, 11) is 0. The summed E-state index contributed by atoms with van der Waals surface area (Å²) in [6, 6.07) is 15.4. The molecule has 29 heavy (non-hydrogen) atoms. The number of rotatable bonds is 6. The maximum absolute atomic E-state index is 11.3. The first kappa shape index (κ1) is 19.3. The highest BCUT2D eigenvalue weighted by atomic mass is 16.6. The predicted octanol–water partition coefficient (Wildman–Crippen LogP) is 3.78. The molecule has 0 aliphatic carbocycles. The lowest BCUT2D eigenvalue weighted by Gasteiger charge is -2.09. The third-order valence-corrected chi connectivity index (χ3v) is 3.94. The second kappa shape index (κ2) is 8.05. The summed E-state index contributed by atoms with van der Waals surface area (Å²) in [5.74, 6) is 0.0401. The Labute approximate surface area is 163 Å². The molecule has 3 rings (SSSR count). The number of hydrogen-bond donors (Lipinski definition) is 3. The standard InChI is InChI=1S/C19H14N4O6/c24-15-7-4-12(5-8-15)19(13-2-1-3-16(25)10-13)21-20-17-9-6-14(22(26)27)11-18(17)23(28)29/h1-11,20,24-25H/b21-19-.